The van der Waals surface area contributed by atoms with Gasteiger partial charge in [-0.2, -0.15) is 0 Å². The maximum absolute atomic E-state index is 12.8. The lowest BCUT2D eigenvalue weighted by Crippen LogP contribution is -2.43. The monoisotopic (exact) mass is 407 g/mol. The third-order valence-corrected chi connectivity index (χ3v) is 8.12. The topological polar surface area (TPSA) is 89.5 Å². The quantitative estimate of drug-likeness (QED) is 0.523. The van der Waals surface area contributed by atoms with E-state index in [0.717, 1.165) is 19.3 Å². The van der Waals surface area contributed by atoms with Crippen LogP contribution >= 0.6 is 0 Å². The van der Waals surface area contributed by atoms with Gasteiger partial charge in [0.2, 0.25) is 10.0 Å². The van der Waals surface area contributed by atoms with Crippen molar-refractivity contribution in [3.63, 3.8) is 0 Å². The number of ether oxygens (including phenoxy) is 1. The fourth-order valence-electron chi connectivity index (χ4n) is 4.72. The normalized spacial score (nSPS) is 25.7. The molecule has 154 valence electrons. The standard InChI is InChI=1S/C21H29NO5S/c1-4-5-12-27-19(24)15-6-8-17(9-7-15)22-28(25,26)14-21-11-10-16(13-18(21)23)20(21,2)3/h6-9,16,22H,4-5,10-14H2,1-3H3/t16-,21-/m0/s1. The third kappa shape index (κ3) is 3.69. The molecule has 0 amide bonds. The molecule has 28 heavy (non-hydrogen) atoms. The van der Waals surface area contributed by atoms with Crippen molar-refractivity contribution in [2.24, 2.45) is 16.7 Å². The minimum atomic E-state index is -3.70. The number of sulfonamides is 1. The molecule has 2 aliphatic rings. The minimum absolute atomic E-state index is 0.0734. The number of esters is 1. The number of nitrogens with one attached hydrogen (secondary N) is 1. The van der Waals surface area contributed by atoms with Crippen LogP contribution in [0.3, 0.4) is 0 Å². The van der Waals surface area contributed by atoms with Crippen LogP contribution in [0.25, 0.3) is 0 Å². The number of benzene rings is 1. The first kappa shape index (κ1) is 20.8. The zero-order valence-electron chi connectivity index (χ0n) is 16.8. The lowest BCUT2D eigenvalue weighted by Gasteiger charge is -2.36. The Morgan fingerprint density at radius 2 is 1.93 bits per heavy atom. The molecule has 0 aromatic heterocycles. The second-order valence-corrected chi connectivity index (χ2v) is 10.3. The molecule has 0 saturated heterocycles. The molecule has 2 atom stereocenters. The molecule has 2 saturated carbocycles. The van der Waals surface area contributed by atoms with Gasteiger partial charge in [0.25, 0.3) is 0 Å². The summed E-state index contributed by atoms with van der Waals surface area (Å²) in [4.78, 5) is 24.5. The SMILES string of the molecule is CCCCOC(=O)c1ccc(NS(=O)(=O)C[C@@]23CC[C@@H](CC2=O)C3(C)C)cc1. The van der Waals surface area contributed by atoms with E-state index in [1.165, 1.54) is 0 Å². The molecular weight excluding hydrogens is 378 g/mol. The van der Waals surface area contributed by atoms with Crippen molar-refractivity contribution in [1.82, 2.24) is 0 Å². The maximum Gasteiger partial charge on any atom is 0.338 e. The highest BCUT2D eigenvalue weighted by atomic mass is 32.2. The van der Waals surface area contributed by atoms with Gasteiger partial charge in [0.15, 0.2) is 0 Å². The van der Waals surface area contributed by atoms with Crippen molar-refractivity contribution in [3.8, 4) is 0 Å². The number of unbranched alkanes of at least 4 members (excludes halogenated alkanes) is 1. The Hall–Kier alpha value is -1.89. The van der Waals surface area contributed by atoms with Crippen LogP contribution in [0.5, 0.6) is 0 Å². The zero-order chi connectivity index (χ0) is 20.6. The van der Waals surface area contributed by atoms with E-state index in [-0.39, 0.29) is 22.9 Å². The number of anilines is 1. The van der Waals surface area contributed by atoms with E-state index >= 15 is 0 Å². The van der Waals surface area contributed by atoms with Crippen molar-refractivity contribution < 1.29 is 22.7 Å². The lowest BCUT2D eigenvalue weighted by molar-refractivity contribution is -0.128. The molecule has 1 N–H and O–H groups in total. The summed E-state index contributed by atoms with van der Waals surface area (Å²) in [5, 5.41) is 0. The fraction of sp³-hybridized carbons (Fsp3) is 0.619. The van der Waals surface area contributed by atoms with Gasteiger partial charge in [-0.3, -0.25) is 9.52 Å². The Morgan fingerprint density at radius 1 is 1.25 bits per heavy atom. The average Bonchev–Trinajstić information content (AvgIpc) is 2.96. The van der Waals surface area contributed by atoms with Gasteiger partial charge in [-0.25, -0.2) is 13.2 Å². The largest absolute Gasteiger partial charge is 0.462 e. The molecule has 2 fully saturated rings. The van der Waals surface area contributed by atoms with E-state index in [0.29, 0.717) is 30.7 Å². The van der Waals surface area contributed by atoms with Crippen molar-refractivity contribution >= 4 is 27.5 Å². The minimum Gasteiger partial charge on any atom is -0.462 e. The molecule has 1 aromatic rings. The van der Waals surface area contributed by atoms with Crippen LogP contribution in [0, 0.1) is 16.7 Å². The van der Waals surface area contributed by atoms with Crippen molar-refractivity contribution in [2.45, 2.75) is 52.9 Å². The molecule has 2 aliphatic carbocycles. The molecule has 1 aromatic carbocycles. The first-order chi connectivity index (χ1) is 13.1. The van der Waals surface area contributed by atoms with E-state index < -0.39 is 21.4 Å². The summed E-state index contributed by atoms with van der Waals surface area (Å²) in [5.74, 6) is -0.266. The number of ketones is 1. The van der Waals surface area contributed by atoms with E-state index in [4.69, 9.17) is 4.74 Å². The number of carbonyl (C=O) groups is 2. The predicted molar refractivity (Wildman–Crippen MR) is 108 cm³/mol. The molecule has 0 radical (unpaired) electrons. The number of carbonyl (C=O) groups excluding carboxylic acids is 2. The Bertz CT molecular complexity index is 859. The Morgan fingerprint density at radius 3 is 2.46 bits per heavy atom. The lowest BCUT2D eigenvalue weighted by atomic mass is 9.70. The van der Waals surface area contributed by atoms with Gasteiger partial charge in [-0.05, 0) is 54.9 Å². The van der Waals surface area contributed by atoms with Crippen LogP contribution in [0.15, 0.2) is 24.3 Å². The van der Waals surface area contributed by atoms with E-state index in [9.17, 15) is 18.0 Å². The fourth-order valence-corrected chi connectivity index (χ4v) is 6.61. The average molecular weight is 408 g/mol. The van der Waals surface area contributed by atoms with Crippen LogP contribution in [0.2, 0.25) is 0 Å². The maximum atomic E-state index is 12.8. The van der Waals surface area contributed by atoms with E-state index in [2.05, 4.69) is 4.72 Å². The first-order valence-corrected chi connectivity index (χ1v) is 11.6. The molecule has 0 unspecified atom stereocenters. The summed E-state index contributed by atoms with van der Waals surface area (Å²) >= 11 is 0. The summed E-state index contributed by atoms with van der Waals surface area (Å²) in [6.07, 6.45) is 3.77. The Labute approximate surface area is 167 Å². The van der Waals surface area contributed by atoms with Crippen LogP contribution in [0.1, 0.15) is 63.2 Å². The molecule has 6 nitrogen and oxygen atoms in total. The van der Waals surface area contributed by atoms with Gasteiger partial charge in [0.1, 0.15) is 5.78 Å². The Balaban J connectivity index is 1.68. The zero-order valence-corrected chi connectivity index (χ0v) is 17.6. The van der Waals surface area contributed by atoms with E-state index in [1.54, 1.807) is 24.3 Å². The molecule has 7 heteroatoms. The molecule has 2 bridgehead atoms. The highest BCUT2D eigenvalue weighted by Gasteiger charge is 2.65. The van der Waals surface area contributed by atoms with Crippen LogP contribution in [0.4, 0.5) is 5.69 Å². The second kappa shape index (κ2) is 7.50. The Kier molecular flexibility index (Phi) is 5.58. The van der Waals surface area contributed by atoms with Gasteiger partial charge in [0, 0.05) is 12.1 Å². The predicted octanol–water partition coefficient (Wildman–Crippen LogP) is 3.78. The van der Waals surface area contributed by atoms with Crippen LogP contribution < -0.4 is 4.72 Å². The van der Waals surface area contributed by atoms with Crippen molar-refractivity contribution in [3.05, 3.63) is 29.8 Å². The van der Waals surface area contributed by atoms with Gasteiger partial charge in [0.05, 0.1) is 23.3 Å². The highest BCUT2D eigenvalue weighted by molar-refractivity contribution is 7.92. The number of Topliss-reactive ketones (excluding diaryl/α,β-unsaturated/α-hetero) is 1. The summed E-state index contributed by atoms with van der Waals surface area (Å²) in [7, 11) is -3.70. The van der Waals surface area contributed by atoms with Gasteiger partial charge < -0.3 is 4.74 Å². The van der Waals surface area contributed by atoms with Gasteiger partial charge in [-0.15, -0.1) is 0 Å². The van der Waals surface area contributed by atoms with Crippen LogP contribution in [-0.4, -0.2) is 32.5 Å². The molecule has 3 rings (SSSR count). The molecule has 0 spiro atoms. The van der Waals surface area contributed by atoms with Crippen molar-refractivity contribution in [1.29, 1.82) is 0 Å². The number of hydrogen-bond acceptors (Lipinski definition) is 5. The molecular formula is C21H29NO5S. The first-order valence-electron chi connectivity index (χ1n) is 9.92. The van der Waals surface area contributed by atoms with Crippen molar-refractivity contribution in [2.75, 3.05) is 17.1 Å². The number of rotatable bonds is 8. The summed E-state index contributed by atoms with van der Waals surface area (Å²) in [6, 6.07) is 6.18. The summed E-state index contributed by atoms with van der Waals surface area (Å²) < 4.78 is 33.3. The van der Waals surface area contributed by atoms with Gasteiger partial charge >= 0.3 is 5.97 Å². The number of hydrogen-bond donors (Lipinski definition) is 1. The molecule has 0 aliphatic heterocycles. The third-order valence-electron chi connectivity index (χ3n) is 6.70. The van der Waals surface area contributed by atoms with Gasteiger partial charge in [-0.1, -0.05) is 27.2 Å². The summed E-state index contributed by atoms with van der Waals surface area (Å²) in [6.45, 7) is 6.42. The second-order valence-electron chi connectivity index (χ2n) is 8.59. The highest BCUT2D eigenvalue weighted by Crippen LogP contribution is 2.64. The molecule has 0 heterocycles. The van der Waals surface area contributed by atoms with Crippen LogP contribution in [-0.2, 0) is 19.6 Å². The number of fused-ring (bicyclic) bond motifs is 2. The van der Waals surface area contributed by atoms with E-state index in [1.807, 2.05) is 20.8 Å². The summed E-state index contributed by atoms with van der Waals surface area (Å²) in [5.41, 5.74) is -0.347. The smallest absolute Gasteiger partial charge is 0.338 e.